The highest BCUT2D eigenvalue weighted by molar-refractivity contribution is 5.78. The van der Waals surface area contributed by atoms with E-state index in [0.717, 1.165) is 12.8 Å². The first kappa shape index (κ1) is 11.5. The molecule has 0 aromatic heterocycles. The lowest BCUT2D eigenvalue weighted by Gasteiger charge is -2.20. The molecule has 0 aromatic carbocycles. The maximum absolute atomic E-state index is 11.4. The van der Waals surface area contributed by atoms with E-state index >= 15 is 0 Å². The first-order valence-corrected chi connectivity index (χ1v) is 4.93. The molecule has 4 heteroatoms. The van der Waals surface area contributed by atoms with Gasteiger partial charge in [0.2, 0.25) is 5.91 Å². The highest BCUT2D eigenvalue weighted by atomic mass is 16.5. The summed E-state index contributed by atoms with van der Waals surface area (Å²) in [5.74, 6) is -0.147. The second kappa shape index (κ2) is 3.87. The van der Waals surface area contributed by atoms with Gasteiger partial charge >= 0.3 is 0 Å². The van der Waals surface area contributed by atoms with Gasteiger partial charge in [0.25, 0.3) is 0 Å². The van der Waals surface area contributed by atoms with Crippen molar-refractivity contribution in [2.24, 2.45) is 0 Å². The van der Waals surface area contributed by atoms with Crippen LogP contribution < -0.4 is 5.32 Å². The second-order valence-corrected chi connectivity index (χ2v) is 4.89. The minimum Gasteiger partial charge on any atom is -0.394 e. The van der Waals surface area contributed by atoms with Crippen LogP contribution in [-0.2, 0) is 9.53 Å². The minimum absolute atomic E-state index is 0.0221. The zero-order valence-corrected chi connectivity index (χ0v) is 9.09. The Balaban J connectivity index is 2.23. The third-order valence-electron chi connectivity index (χ3n) is 2.20. The number of nitrogens with one attached hydrogen (secondary N) is 1. The summed E-state index contributed by atoms with van der Waals surface area (Å²) in [7, 11) is 0. The Kier molecular flexibility index (Phi) is 3.17. The molecule has 0 atom stereocenters. The Morgan fingerprint density at radius 1 is 1.50 bits per heavy atom. The molecule has 2 N–H and O–H groups in total. The van der Waals surface area contributed by atoms with E-state index in [4.69, 9.17) is 9.84 Å². The van der Waals surface area contributed by atoms with Crippen molar-refractivity contribution in [3.63, 3.8) is 0 Å². The van der Waals surface area contributed by atoms with Crippen molar-refractivity contribution >= 4 is 5.91 Å². The largest absolute Gasteiger partial charge is 0.394 e. The normalized spacial score (nSPS) is 19.1. The van der Waals surface area contributed by atoms with Gasteiger partial charge in [-0.15, -0.1) is 0 Å². The van der Waals surface area contributed by atoms with E-state index in [-0.39, 0.29) is 30.3 Å². The number of carbonyl (C=O) groups is 1. The van der Waals surface area contributed by atoms with Gasteiger partial charge in [-0.3, -0.25) is 4.79 Å². The zero-order chi connectivity index (χ0) is 10.8. The van der Waals surface area contributed by atoms with Crippen molar-refractivity contribution in [3.05, 3.63) is 0 Å². The Hall–Kier alpha value is -0.610. The van der Waals surface area contributed by atoms with Gasteiger partial charge in [0.05, 0.1) is 17.7 Å². The van der Waals surface area contributed by atoms with E-state index in [2.05, 4.69) is 5.32 Å². The Labute approximate surface area is 84.6 Å². The topological polar surface area (TPSA) is 58.6 Å². The van der Waals surface area contributed by atoms with Crippen LogP contribution in [-0.4, -0.2) is 35.4 Å². The highest BCUT2D eigenvalue weighted by Crippen LogP contribution is 2.34. The van der Waals surface area contributed by atoms with Crippen molar-refractivity contribution in [3.8, 4) is 0 Å². The zero-order valence-electron chi connectivity index (χ0n) is 9.09. The lowest BCUT2D eigenvalue weighted by molar-refractivity contribution is -0.131. The summed E-state index contributed by atoms with van der Waals surface area (Å²) in [5, 5.41) is 11.8. The predicted molar refractivity (Wildman–Crippen MR) is 52.9 cm³/mol. The van der Waals surface area contributed by atoms with E-state index in [9.17, 15) is 4.79 Å². The molecule has 0 radical (unpaired) electrons. The van der Waals surface area contributed by atoms with Crippen LogP contribution in [0.3, 0.4) is 0 Å². The van der Waals surface area contributed by atoms with Crippen LogP contribution in [0.15, 0.2) is 0 Å². The van der Waals surface area contributed by atoms with Gasteiger partial charge < -0.3 is 15.2 Å². The number of carbonyl (C=O) groups excluding carboxylic acids is 1. The highest BCUT2D eigenvalue weighted by Gasteiger charge is 2.43. The fraction of sp³-hybridized carbons (Fsp3) is 0.900. The summed E-state index contributed by atoms with van der Waals surface area (Å²) >= 11 is 0. The summed E-state index contributed by atoms with van der Waals surface area (Å²) in [6.45, 7) is 5.79. The number of amides is 1. The maximum Gasteiger partial charge on any atom is 0.246 e. The monoisotopic (exact) mass is 201 g/mol. The first-order valence-electron chi connectivity index (χ1n) is 4.93. The van der Waals surface area contributed by atoms with Crippen molar-refractivity contribution in [1.29, 1.82) is 0 Å². The van der Waals surface area contributed by atoms with Crippen LogP contribution in [0.25, 0.3) is 0 Å². The maximum atomic E-state index is 11.4. The standard InChI is InChI=1S/C10H19NO3/c1-9(2,3)14-6-8(13)11-10(7-12)4-5-10/h12H,4-7H2,1-3H3,(H,11,13). The van der Waals surface area contributed by atoms with Crippen molar-refractivity contribution in [1.82, 2.24) is 5.32 Å². The molecule has 14 heavy (non-hydrogen) atoms. The lowest BCUT2D eigenvalue weighted by Crippen LogP contribution is -2.42. The van der Waals surface area contributed by atoms with Gasteiger partial charge in [0.15, 0.2) is 0 Å². The summed E-state index contributed by atoms with van der Waals surface area (Å²) < 4.78 is 5.32. The van der Waals surface area contributed by atoms with Crippen LogP contribution in [0.2, 0.25) is 0 Å². The molecule has 0 aromatic rings. The third-order valence-corrected chi connectivity index (χ3v) is 2.20. The molecule has 0 saturated heterocycles. The van der Waals surface area contributed by atoms with Crippen LogP contribution in [0.1, 0.15) is 33.6 Å². The van der Waals surface area contributed by atoms with Crippen molar-refractivity contribution in [2.75, 3.05) is 13.2 Å². The van der Waals surface area contributed by atoms with E-state index in [1.54, 1.807) is 0 Å². The summed E-state index contributed by atoms with van der Waals surface area (Å²) in [5.41, 5.74) is -0.633. The van der Waals surface area contributed by atoms with Gasteiger partial charge in [-0.05, 0) is 33.6 Å². The molecule has 1 saturated carbocycles. The molecule has 0 spiro atoms. The van der Waals surface area contributed by atoms with Crippen molar-refractivity contribution in [2.45, 2.75) is 44.8 Å². The number of hydrogen-bond donors (Lipinski definition) is 2. The average molecular weight is 201 g/mol. The molecule has 1 rings (SSSR count). The SMILES string of the molecule is CC(C)(C)OCC(=O)NC1(CO)CC1. The van der Waals surface area contributed by atoms with Gasteiger partial charge in [0, 0.05) is 0 Å². The Morgan fingerprint density at radius 3 is 2.43 bits per heavy atom. The molecule has 82 valence electrons. The number of aliphatic hydroxyl groups excluding tert-OH is 1. The van der Waals surface area contributed by atoms with E-state index in [1.807, 2.05) is 20.8 Å². The number of hydrogen-bond acceptors (Lipinski definition) is 3. The molecule has 0 aliphatic heterocycles. The number of aliphatic hydroxyl groups is 1. The van der Waals surface area contributed by atoms with Crippen LogP contribution in [0, 0.1) is 0 Å². The molecule has 0 unspecified atom stereocenters. The van der Waals surface area contributed by atoms with Crippen LogP contribution in [0.4, 0.5) is 0 Å². The van der Waals surface area contributed by atoms with Gasteiger partial charge in [-0.2, -0.15) is 0 Å². The summed E-state index contributed by atoms with van der Waals surface area (Å²) in [6, 6.07) is 0. The average Bonchev–Trinajstić information content (AvgIpc) is 2.81. The molecule has 1 fully saturated rings. The fourth-order valence-electron chi connectivity index (χ4n) is 1.09. The molecule has 1 aliphatic rings. The molecule has 4 nitrogen and oxygen atoms in total. The van der Waals surface area contributed by atoms with Gasteiger partial charge in [0.1, 0.15) is 6.61 Å². The Morgan fingerprint density at radius 2 is 2.07 bits per heavy atom. The van der Waals surface area contributed by atoms with Crippen LogP contribution in [0.5, 0.6) is 0 Å². The molecule has 0 heterocycles. The molecule has 0 bridgehead atoms. The number of ether oxygens (including phenoxy) is 1. The molecule has 1 amide bonds. The van der Waals surface area contributed by atoms with Crippen LogP contribution >= 0.6 is 0 Å². The molecule has 1 aliphatic carbocycles. The Bertz CT molecular complexity index is 216. The van der Waals surface area contributed by atoms with Crippen molar-refractivity contribution < 1.29 is 14.6 Å². The smallest absolute Gasteiger partial charge is 0.246 e. The lowest BCUT2D eigenvalue weighted by atomic mass is 10.2. The quantitative estimate of drug-likeness (QED) is 0.694. The first-order chi connectivity index (χ1) is 6.37. The van der Waals surface area contributed by atoms with E-state index < -0.39 is 0 Å². The third kappa shape index (κ3) is 3.64. The number of rotatable bonds is 4. The summed E-state index contributed by atoms with van der Waals surface area (Å²) in [6.07, 6.45) is 1.73. The minimum atomic E-state index is -0.335. The van der Waals surface area contributed by atoms with E-state index in [1.165, 1.54) is 0 Å². The predicted octanol–water partition coefficient (Wildman–Crippen LogP) is 0.443. The fourth-order valence-corrected chi connectivity index (χ4v) is 1.09. The molecular weight excluding hydrogens is 182 g/mol. The molecular formula is C10H19NO3. The van der Waals surface area contributed by atoms with Gasteiger partial charge in [-0.25, -0.2) is 0 Å². The van der Waals surface area contributed by atoms with E-state index in [0.29, 0.717) is 0 Å². The second-order valence-electron chi connectivity index (χ2n) is 4.89. The summed E-state index contributed by atoms with van der Waals surface area (Å²) in [4.78, 5) is 11.4. The van der Waals surface area contributed by atoms with Gasteiger partial charge in [-0.1, -0.05) is 0 Å².